The summed E-state index contributed by atoms with van der Waals surface area (Å²) in [7, 11) is 2.85. The van der Waals surface area contributed by atoms with Crippen molar-refractivity contribution in [3.8, 4) is 0 Å². The molecular formula is C23H34ClN2O5+. The number of carbonyl (C=O) groups excluding carboxylic acids is 3. The maximum Gasteiger partial charge on any atom is 1.00 e. The molecule has 31 heavy (non-hydrogen) atoms. The van der Waals surface area contributed by atoms with E-state index >= 15 is 0 Å². The quantitative estimate of drug-likeness (QED) is 0.440. The molecule has 0 unspecified atom stereocenters. The summed E-state index contributed by atoms with van der Waals surface area (Å²) in [5.74, 6) is -0.730. The van der Waals surface area contributed by atoms with Crippen LogP contribution in [0.2, 0.25) is 5.02 Å². The fourth-order valence-electron chi connectivity index (χ4n) is 4.21. The summed E-state index contributed by atoms with van der Waals surface area (Å²) in [6.45, 7) is 7.34. The Hall–Kier alpha value is -2.12. The zero-order valence-corrected chi connectivity index (χ0v) is 19.9. The Kier molecular flexibility index (Phi) is 8.49. The van der Waals surface area contributed by atoms with Gasteiger partial charge in [0, 0.05) is 30.1 Å². The summed E-state index contributed by atoms with van der Waals surface area (Å²) >= 11 is 6.47. The maximum atomic E-state index is 13.3. The van der Waals surface area contributed by atoms with Gasteiger partial charge in [0.2, 0.25) is 0 Å². The van der Waals surface area contributed by atoms with E-state index < -0.39 is 23.6 Å². The fourth-order valence-corrected chi connectivity index (χ4v) is 4.50. The van der Waals surface area contributed by atoms with Gasteiger partial charge >= 0.3 is 13.5 Å². The Balaban J connectivity index is 0.00000512. The number of methoxy groups -OCH3 is 1. The fraction of sp³-hybridized carbons (Fsp3) is 0.609. The van der Waals surface area contributed by atoms with Crippen LogP contribution in [0.25, 0.3) is 0 Å². The van der Waals surface area contributed by atoms with Crippen LogP contribution in [0.3, 0.4) is 0 Å². The standard InChI is InChI=1S/C23H33ClN2O5/c1-15(2)20(21(28)30-6)26(16(3)4)31-22(29)25(5)23(14-10-9-13-19(23)27)17-11-7-8-12-18(17)24/h7-8,11-12,15-16,20H,9-10,13-14H2,1-6H3/p+1/t20-,23-/m0/s1. The second-order valence-corrected chi connectivity index (χ2v) is 8.96. The van der Waals surface area contributed by atoms with Crippen molar-refractivity contribution in [2.45, 2.75) is 71.0 Å². The molecule has 1 aliphatic carbocycles. The first-order valence-corrected chi connectivity index (χ1v) is 11.1. The van der Waals surface area contributed by atoms with Gasteiger partial charge in [0.1, 0.15) is 11.6 Å². The number of ketones is 1. The molecule has 1 fully saturated rings. The van der Waals surface area contributed by atoms with E-state index in [9.17, 15) is 14.4 Å². The minimum atomic E-state index is -1.21. The van der Waals surface area contributed by atoms with Crippen LogP contribution in [0.1, 0.15) is 60.4 Å². The number of rotatable bonds is 7. The molecule has 2 rings (SSSR count). The highest BCUT2D eigenvalue weighted by molar-refractivity contribution is 6.31. The summed E-state index contributed by atoms with van der Waals surface area (Å²) in [5.41, 5.74) is -0.625. The molecule has 0 aliphatic heterocycles. The molecule has 1 aromatic rings. The smallest absolute Gasteiger partial charge is 0.468 e. The van der Waals surface area contributed by atoms with Crippen molar-refractivity contribution in [3.05, 3.63) is 34.9 Å². The van der Waals surface area contributed by atoms with Crippen LogP contribution in [0.5, 0.6) is 0 Å². The zero-order chi connectivity index (χ0) is 23.3. The topological polar surface area (TPSA) is 76.2 Å². The molecule has 0 spiro atoms. The van der Waals surface area contributed by atoms with Crippen LogP contribution in [0.4, 0.5) is 4.79 Å². The summed E-state index contributed by atoms with van der Waals surface area (Å²) in [4.78, 5) is 46.0. The molecule has 0 heterocycles. The number of Topliss-reactive ketones (excluding diaryl/α,β-unsaturated/α-hetero) is 1. The van der Waals surface area contributed by atoms with E-state index in [0.717, 1.165) is 12.8 Å². The molecule has 1 aliphatic rings. The largest absolute Gasteiger partial charge is 1.00 e. The number of hydrogen-bond donors (Lipinski definition) is 0. The van der Waals surface area contributed by atoms with Crippen molar-refractivity contribution >= 4 is 29.4 Å². The first-order chi connectivity index (χ1) is 14.6. The van der Waals surface area contributed by atoms with E-state index in [1.54, 1.807) is 31.3 Å². The first kappa shape index (κ1) is 25.1. The molecule has 1 aromatic carbocycles. The lowest BCUT2D eigenvalue weighted by atomic mass is 9.74. The van der Waals surface area contributed by atoms with Gasteiger partial charge in [-0.05, 0) is 45.1 Å². The minimum absolute atomic E-state index is 0. The molecule has 2 atom stereocenters. The first-order valence-electron chi connectivity index (χ1n) is 10.7. The number of nitrogens with zero attached hydrogens (tertiary/aromatic N) is 2. The van der Waals surface area contributed by atoms with Gasteiger partial charge in [0.15, 0.2) is 5.78 Å². The highest BCUT2D eigenvalue weighted by Gasteiger charge is 2.49. The molecule has 0 radical (unpaired) electrons. The molecule has 0 bridgehead atoms. The lowest BCUT2D eigenvalue weighted by Crippen LogP contribution is -2.57. The van der Waals surface area contributed by atoms with E-state index in [-0.39, 0.29) is 19.2 Å². The van der Waals surface area contributed by atoms with E-state index in [4.69, 9.17) is 21.2 Å². The van der Waals surface area contributed by atoms with Gasteiger partial charge < -0.3 is 9.57 Å². The molecule has 1 saturated carbocycles. The monoisotopic (exact) mass is 453 g/mol. The SMILES string of the molecule is COC(=O)[C@H](C(C)C)N(OC(=O)N(C)[C@]1(c2ccccc2Cl)CCCCC1=O)C(C)C.[H+]. The summed E-state index contributed by atoms with van der Waals surface area (Å²) in [6, 6.07) is 6.02. The van der Waals surface area contributed by atoms with E-state index in [2.05, 4.69) is 0 Å². The number of benzene rings is 1. The highest BCUT2D eigenvalue weighted by Crippen LogP contribution is 2.42. The van der Waals surface area contributed by atoms with Gasteiger partial charge in [-0.2, -0.15) is 0 Å². The molecule has 172 valence electrons. The van der Waals surface area contributed by atoms with Gasteiger partial charge in [0.25, 0.3) is 0 Å². The van der Waals surface area contributed by atoms with Gasteiger partial charge in [-0.25, -0.2) is 4.79 Å². The molecule has 7 nitrogen and oxygen atoms in total. The third kappa shape index (κ3) is 5.04. The van der Waals surface area contributed by atoms with Crippen molar-refractivity contribution in [1.29, 1.82) is 0 Å². The summed E-state index contributed by atoms with van der Waals surface area (Å²) in [6.07, 6.45) is 1.63. The van der Waals surface area contributed by atoms with Crippen LogP contribution in [0, 0.1) is 5.92 Å². The van der Waals surface area contributed by atoms with Crippen molar-refractivity contribution in [2.75, 3.05) is 14.2 Å². The van der Waals surface area contributed by atoms with Crippen LogP contribution < -0.4 is 0 Å². The van der Waals surface area contributed by atoms with Crippen molar-refractivity contribution in [2.24, 2.45) is 5.92 Å². The van der Waals surface area contributed by atoms with E-state index in [1.807, 2.05) is 27.7 Å². The Morgan fingerprint density at radius 2 is 1.81 bits per heavy atom. The number of hydrogen-bond acceptors (Lipinski definition) is 6. The number of hydroxylamine groups is 2. The van der Waals surface area contributed by atoms with E-state index in [1.165, 1.54) is 17.1 Å². The highest BCUT2D eigenvalue weighted by atomic mass is 35.5. The third-order valence-electron chi connectivity index (χ3n) is 5.86. The van der Waals surface area contributed by atoms with Crippen molar-refractivity contribution in [1.82, 2.24) is 9.96 Å². The van der Waals surface area contributed by atoms with Crippen molar-refractivity contribution in [3.63, 3.8) is 0 Å². The van der Waals surface area contributed by atoms with Crippen molar-refractivity contribution < 1.29 is 25.4 Å². The Morgan fingerprint density at radius 1 is 1.16 bits per heavy atom. The number of amides is 1. The average Bonchev–Trinajstić information content (AvgIpc) is 2.73. The van der Waals surface area contributed by atoms with Crippen LogP contribution >= 0.6 is 11.6 Å². The summed E-state index contributed by atoms with van der Waals surface area (Å²) in [5, 5.41) is 1.77. The van der Waals surface area contributed by atoms with Crippen LogP contribution in [0.15, 0.2) is 24.3 Å². The predicted octanol–water partition coefficient (Wildman–Crippen LogP) is 4.68. The maximum absolute atomic E-state index is 13.3. The average molecular weight is 454 g/mol. The van der Waals surface area contributed by atoms with Gasteiger partial charge in [-0.3, -0.25) is 14.5 Å². The Morgan fingerprint density at radius 3 is 2.32 bits per heavy atom. The number of likely N-dealkylation sites (N-methyl/N-ethyl adjacent to an activating group) is 1. The van der Waals surface area contributed by atoms with E-state index in [0.29, 0.717) is 23.4 Å². The summed E-state index contributed by atoms with van der Waals surface area (Å²) < 4.78 is 4.93. The molecule has 8 heteroatoms. The molecular weight excluding hydrogens is 420 g/mol. The van der Waals surface area contributed by atoms with Gasteiger partial charge in [-0.15, -0.1) is 5.06 Å². The number of ether oxygens (including phenoxy) is 1. The van der Waals surface area contributed by atoms with Gasteiger partial charge in [-0.1, -0.05) is 43.6 Å². The number of halogens is 1. The third-order valence-corrected chi connectivity index (χ3v) is 6.19. The lowest BCUT2D eigenvalue weighted by molar-refractivity contribution is -0.195. The number of esters is 1. The molecule has 1 amide bonds. The van der Waals surface area contributed by atoms with Gasteiger partial charge in [0.05, 0.1) is 7.11 Å². The Labute approximate surface area is 191 Å². The lowest BCUT2D eigenvalue weighted by Gasteiger charge is -2.44. The molecule has 0 aromatic heterocycles. The van der Waals surface area contributed by atoms with Crippen LogP contribution in [-0.2, 0) is 24.7 Å². The zero-order valence-electron chi connectivity index (χ0n) is 20.2. The number of carbonyl (C=O) groups is 3. The Bertz CT molecular complexity index is 819. The molecule has 0 N–H and O–H groups in total. The van der Waals surface area contributed by atoms with Crippen LogP contribution in [-0.4, -0.2) is 54.1 Å². The second-order valence-electron chi connectivity index (χ2n) is 8.55. The second kappa shape index (κ2) is 10.5. The minimum Gasteiger partial charge on any atom is -0.468 e. The molecule has 0 saturated heterocycles. The normalized spacial score (nSPS) is 20.1. The predicted molar refractivity (Wildman–Crippen MR) is 120 cm³/mol.